The third-order valence-electron chi connectivity index (χ3n) is 12.2. The van der Waals surface area contributed by atoms with Crippen LogP contribution in [0.15, 0.2) is 54.7 Å². The zero-order valence-corrected chi connectivity index (χ0v) is 42.1. The molecule has 0 saturated carbocycles. The van der Waals surface area contributed by atoms with Gasteiger partial charge in [0, 0.05) is 42.9 Å². The summed E-state index contributed by atoms with van der Waals surface area (Å²) < 4.78 is 0. The topological polar surface area (TPSA) is 461 Å². The summed E-state index contributed by atoms with van der Waals surface area (Å²) in [5.41, 5.74) is 12.5. The minimum absolute atomic E-state index is 0.00701. The predicted octanol–water partition coefficient (Wildman–Crippen LogP) is -3.66. The molecular weight excluding hydrogens is 1010 g/mol. The van der Waals surface area contributed by atoms with Crippen molar-refractivity contribution in [2.75, 3.05) is 19.7 Å². The molecule has 8 atom stereocenters. The number of fused-ring (bicyclic) bond motifs is 1. The van der Waals surface area contributed by atoms with Gasteiger partial charge in [-0.1, -0.05) is 44.2 Å². The van der Waals surface area contributed by atoms with E-state index in [-0.39, 0.29) is 63.2 Å². The number of nitrogens with two attached hydrogens (primary N) is 2. The maximum atomic E-state index is 13.8. The molecule has 1 aliphatic heterocycles. The van der Waals surface area contributed by atoms with Gasteiger partial charge < -0.3 is 84.1 Å². The van der Waals surface area contributed by atoms with Crippen LogP contribution in [0, 0.1) is 5.92 Å². The van der Waals surface area contributed by atoms with E-state index in [4.69, 9.17) is 11.5 Å². The van der Waals surface area contributed by atoms with Crippen LogP contribution < -0.4 is 48.7 Å². The lowest BCUT2D eigenvalue weighted by Crippen LogP contribution is -2.59. The number of aromatic nitrogens is 1. The number of carboxylic acids is 3. The second kappa shape index (κ2) is 28.9. The van der Waals surface area contributed by atoms with Gasteiger partial charge in [0.1, 0.15) is 48.0 Å². The summed E-state index contributed by atoms with van der Waals surface area (Å²) in [5.74, 6) is -14.0. The first kappa shape index (κ1) is 60.9. The number of likely N-dealkylation sites (tertiary alicyclic amines) is 1. The maximum absolute atomic E-state index is 13.8. The average molecular weight is 1080 g/mol. The van der Waals surface area contributed by atoms with E-state index in [0.717, 1.165) is 15.8 Å². The Morgan fingerprint density at radius 3 is 1.86 bits per heavy atom. The van der Waals surface area contributed by atoms with Gasteiger partial charge in [0.2, 0.25) is 53.2 Å². The van der Waals surface area contributed by atoms with E-state index in [1.807, 2.05) is 0 Å². The number of carboxylic acid groups (broad SMARTS) is 3. The van der Waals surface area contributed by atoms with Crippen LogP contribution in [0.4, 0.5) is 0 Å². The third-order valence-corrected chi connectivity index (χ3v) is 12.2. The number of H-pyrrole nitrogens is 1. The second-order valence-electron chi connectivity index (χ2n) is 18.7. The van der Waals surface area contributed by atoms with Crippen molar-refractivity contribution in [1.82, 2.24) is 47.1 Å². The van der Waals surface area contributed by atoms with Gasteiger partial charge in [0.05, 0.1) is 32.0 Å². The van der Waals surface area contributed by atoms with Gasteiger partial charge >= 0.3 is 17.9 Å². The van der Waals surface area contributed by atoms with Crippen molar-refractivity contribution in [2.24, 2.45) is 17.4 Å². The molecule has 0 spiro atoms. The van der Waals surface area contributed by atoms with Crippen molar-refractivity contribution in [3.63, 3.8) is 0 Å². The van der Waals surface area contributed by atoms with Crippen LogP contribution in [0.2, 0.25) is 0 Å². The zero-order valence-electron chi connectivity index (χ0n) is 42.1. The van der Waals surface area contributed by atoms with Crippen molar-refractivity contribution < 1.29 is 83.1 Å². The van der Waals surface area contributed by atoms with Crippen molar-refractivity contribution in [3.8, 4) is 5.75 Å². The molecule has 77 heavy (non-hydrogen) atoms. The van der Waals surface area contributed by atoms with Gasteiger partial charge in [-0.3, -0.25) is 52.7 Å². The molecule has 0 bridgehead atoms. The first-order chi connectivity index (χ1) is 36.4. The standard InChI is InChI=1S/C49H65N11O17/c1-24(2)16-31(44(71)58-35(49(76)77)18-26-21-52-30-7-4-3-6-28(26)30)54-46(73)34(20-41(67)68)57-48(75)37-8-5-15-60(37)39(64)22-53-43(70)33(19-40(65)66)56-45(72)32(17-25-9-11-27(62)12-10-25)55-47(74)36(23-61)59-42(69)29(50)13-14-38(51)63/h3-4,6-7,9-12,21,24,29,31-37,52,61-62H,5,8,13-20,22-23,50H2,1-2H3,(H2,51,63)(H,53,70)(H,54,73)(H,55,74)(H,56,72)(H,57,75)(H,58,71)(H,59,69)(H,65,66)(H,67,68)(H,76,77)/t29-,31-,32-,33-,34-,35-,36-,37-/m0/s1. The first-order valence-electron chi connectivity index (χ1n) is 24.4. The Hall–Kier alpha value is -8.66. The highest BCUT2D eigenvalue weighted by Crippen LogP contribution is 2.21. The van der Waals surface area contributed by atoms with E-state index in [2.05, 4.69) is 42.2 Å². The smallest absolute Gasteiger partial charge is 0.326 e. The van der Waals surface area contributed by atoms with E-state index < -0.39 is 145 Å². The molecule has 28 nitrogen and oxygen atoms in total. The molecule has 2 aromatic carbocycles. The zero-order chi connectivity index (χ0) is 57.1. The molecule has 3 aromatic rings. The largest absolute Gasteiger partial charge is 0.508 e. The fourth-order valence-electron chi connectivity index (χ4n) is 8.25. The number of aliphatic carboxylic acids is 3. The lowest BCUT2D eigenvalue weighted by atomic mass is 10.0. The quantitative estimate of drug-likeness (QED) is 0.0306. The number of hydrogen-bond acceptors (Lipinski definition) is 15. The number of benzene rings is 2. The predicted molar refractivity (Wildman–Crippen MR) is 268 cm³/mol. The Morgan fingerprint density at radius 1 is 0.688 bits per heavy atom. The van der Waals surface area contributed by atoms with Crippen LogP contribution in [0.1, 0.15) is 69.9 Å². The SMILES string of the molecule is CC(C)C[C@H](NC(=O)[C@H](CC(=O)O)NC(=O)[C@@H]1CCCN1C(=O)CNC(=O)[C@H](CC(=O)O)NC(=O)[C@H](Cc1ccc(O)cc1)NC(=O)[C@H](CO)NC(=O)[C@@H](N)CCC(N)=O)C(=O)N[C@@H](Cc1c[nH]c2ccccc12)C(=O)O. The summed E-state index contributed by atoms with van der Waals surface area (Å²) in [6, 6.07) is -0.167. The number of aliphatic hydroxyl groups excluding tert-OH is 1. The van der Waals surface area contributed by atoms with E-state index in [0.29, 0.717) is 11.1 Å². The minimum Gasteiger partial charge on any atom is -0.508 e. The second-order valence-corrected chi connectivity index (χ2v) is 18.7. The number of rotatable bonds is 30. The number of phenols is 1. The number of phenolic OH excluding ortho intramolecular Hbond substituents is 1. The number of nitrogens with zero attached hydrogens (tertiary/aromatic N) is 1. The van der Waals surface area contributed by atoms with E-state index in [1.165, 1.54) is 24.3 Å². The number of carbonyl (C=O) groups is 12. The summed E-state index contributed by atoms with van der Waals surface area (Å²) in [6.07, 6.45) is -1.18. The Labute approximate surface area is 439 Å². The van der Waals surface area contributed by atoms with Gasteiger partial charge in [-0.2, -0.15) is 0 Å². The van der Waals surface area contributed by atoms with Gasteiger partial charge in [-0.05, 0) is 60.9 Å². The Morgan fingerprint density at radius 2 is 1.25 bits per heavy atom. The van der Waals surface area contributed by atoms with Crippen LogP contribution >= 0.6 is 0 Å². The summed E-state index contributed by atoms with van der Waals surface area (Å²) in [7, 11) is 0. The van der Waals surface area contributed by atoms with E-state index in [1.54, 1.807) is 44.3 Å². The molecule has 1 saturated heterocycles. The molecule has 0 radical (unpaired) electrons. The number of aromatic amines is 1. The molecule has 9 amide bonds. The average Bonchev–Trinajstić information content (AvgIpc) is 4.03. The molecule has 0 aliphatic carbocycles. The number of primary amides is 1. The number of para-hydroxylation sites is 1. The summed E-state index contributed by atoms with van der Waals surface area (Å²) >= 11 is 0. The molecule has 28 heteroatoms. The normalized spacial score (nSPS) is 15.8. The Kier molecular flexibility index (Phi) is 22.8. The van der Waals surface area contributed by atoms with Gasteiger partial charge in [-0.15, -0.1) is 0 Å². The van der Waals surface area contributed by atoms with Crippen LogP contribution in [0.25, 0.3) is 10.9 Å². The highest BCUT2D eigenvalue weighted by molar-refractivity contribution is 5.99. The highest BCUT2D eigenvalue weighted by Gasteiger charge is 2.39. The summed E-state index contributed by atoms with van der Waals surface area (Å²) in [5, 5.41) is 66.1. The summed E-state index contributed by atoms with van der Waals surface area (Å²) in [6.45, 7) is 1.50. The van der Waals surface area contributed by atoms with E-state index in [9.17, 15) is 83.1 Å². The minimum atomic E-state index is -1.91. The van der Waals surface area contributed by atoms with Crippen LogP contribution in [0.3, 0.4) is 0 Å². The number of amides is 9. The molecule has 1 aliphatic rings. The van der Waals surface area contributed by atoms with Crippen molar-refractivity contribution >= 4 is 82.0 Å². The fourth-order valence-corrected chi connectivity index (χ4v) is 8.25. The first-order valence-corrected chi connectivity index (χ1v) is 24.4. The number of aromatic hydroxyl groups is 1. The molecule has 418 valence electrons. The molecule has 2 heterocycles. The third kappa shape index (κ3) is 18.9. The van der Waals surface area contributed by atoms with Gasteiger partial charge in [0.15, 0.2) is 0 Å². The van der Waals surface area contributed by atoms with Gasteiger partial charge in [-0.25, -0.2) is 4.79 Å². The number of hydrogen-bond donors (Lipinski definition) is 15. The Bertz CT molecular complexity index is 2660. The molecule has 17 N–H and O–H groups in total. The monoisotopic (exact) mass is 1080 g/mol. The number of carbonyl (C=O) groups excluding carboxylic acids is 9. The molecule has 1 aromatic heterocycles. The molecule has 0 unspecified atom stereocenters. The lowest BCUT2D eigenvalue weighted by molar-refractivity contribution is -0.144. The lowest BCUT2D eigenvalue weighted by Gasteiger charge is -2.28. The van der Waals surface area contributed by atoms with Crippen molar-refractivity contribution in [3.05, 3.63) is 65.9 Å². The van der Waals surface area contributed by atoms with Crippen molar-refractivity contribution in [2.45, 2.75) is 120 Å². The Balaban J connectivity index is 1.43. The summed E-state index contributed by atoms with van der Waals surface area (Å²) in [4.78, 5) is 160. The molecule has 1 fully saturated rings. The molecular formula is C49H65N11O17. The highest BCUT2D eigenvalue weighted by atomic mass is 16.4. The van der Waals surface area contributed by atoms with Crippen LogP contribution in [0.5, 0.6) is 5.75 Å². The maximum Gasteiger partial charge on any atom is 0.326 e. The molecule has 4 rings (SSSR count). The number of nitrogens with one attached hydrogen (secondary N) is 8. The van der Waals surface area contributed by atoms with Crippen LogP contribution in [-0.4, -0.2) is 175 Å². The van der Waals surface area contributed by atoms with Crippen molar-refractivity contribution in [1.29, 1.82) is 0 Å². The van der Waals surface area contributed by atoms with E-state index >= 15 is 0 Å². The number of aliphatic hydroxyl groups is 1. The van der Waals surface area contributed by atoms with Crippen LogP contribution in [-0.2, 0) is 70.4 Å². The van der Waals surface area contributed by atoms with Gasteiger partial charge in [0.25, 0.3) is 0 Å². The fraction of sp³-hybridized carbons (Fsp3) is 0.469.